The second kappa shape index (κ2) is 8.03. The Labute approximate surface area is 140 Å². The van der Waals surface area contributed by atoms with Crippen LogP contribution in [0, 0.1) is 5.82 Å². The zero-order valence-electron chi connectivity index (χ0n) is 13.0. The molecule has 24 heavy (non-hydrogen) atoms. The molecular weight excluding hydrogens is 331 g/mol. The van der Waals surface area contributed by atoms with Crippen LogP contribution in [0.25, 0.3) is 0 Å². The van der Waals surface area contributed by atoms with Crippen molar-refractivity contribution in [3.8, 4) is 0 Å². The maximum atomic E-state index is 13.4. The summed E-state index contributed by atoms with van der Waals surface area (Å²) in [5.74, 6) is -0.394. The molecule has 2 rings (SSSR count). The monoisotopic (exact) mass is 350 g/mol. The maximum Gasteiger partial charge on any atom is 0.238 e. The highest BCUT2D eigenvalue weighted by molar-refractivity contribution is 7.89. The first kappa shape index (κ1) is 18.1. The summed E-state index contributed by atoms with van der Waals surface area (Å²) in [5, 5.41) is 7.76. The summed E-state index contributed by atoms with van der Waals surface area (Å²) >= 11 is 0. The number of hydrogen-bond acceptors (Lipinski definition) is 3. The Balaban J connectivity index is 1.76. The Morgan fingerprint density at radius 3 is 2.38 bits per heavy atom. The van der Waals surface area contributed by atoms with Gasteiger partial charge in [0.25, 0.3) is 0 Å². The van der Waals surface area contributed by atoms with E-state index < -0.39 is 10.0 Å². The van der Waals surface area contributed by atoms with Crippen LogP contribution in [0.5, 0.6) is 0 Å². The van der Waals surface area contributed by atoms with Crippen molar-refractivity contribution in [1.29, 1.82) is 0 Å². The lowest BCUT2D eigenvalue weighted by atomic mass is 10.1. The Morgan fingerprint density at radius 1 is 1.08 bits per heavy atom. The molecule has 0 unspecified atom stereocenters. The molecule has 2 aromatic rings. The van der Waals surface area contributed by atoms with Crippen molar-refractivity contribution < 1.29 is 17.6 Å². The van der Waals surface area contributed by atoms with Gasteiger partial charge in [-0.05, 0) is 42.2 Å². The molecular formula is C17H19FN2O3S. The largest absolute Gasteiger partial charge is 0.352 e. The normalized spacial score (nSPS) is 11.2. The number of rotatable bonds is 7. The van der Waals surface area contributed by atoms with Crippen molar-refractivity contribution in [2.75, 3.05) is 0 Å². The summed E-state index contributed by atoms with van der Waals surface area (Å²) in [5.41, 5.74) is 1.37. The quantitative estimate of drug-likeness (QED) is 0.801. The van der Waals surface area contributed by atoms with Crippen LogP contribution in [0.4, 0.5) is 4.39 Å². The van der Waals surface area contributed by atoms with Crippen LogP contribution in [0.1, 0.15) is 24.0 Å². The van der Waals surface area contributed by atoms with E-state index in [-0.39, 0.29) is 16.6 Å². The number of benzene rings is 2. The topological polar surface area (TPSA) is 89.3 Å². The molecule has 7 heteroatoms. The predicted molar refractivity (Wildman–Crippen MR) is 89.0 cm³/mol. The summed E-state index contributed by atoms with van der Waals surface area (Å²) in [6.07, 6.45) is 1.35. The van der Waals surface area contributed by atoms with Crippen LogP contribution in [0.2, 0.25) is 0 Å². The number of amides is 1. The molecule has 0 aromatic heterocycles. The van der Waals surface area contributed by atoms with Gasteiger partial charge in [-0.3, -0.25) is 4.79 Å². The lowest BCUT2D eigenvalue weighted by Crippen LogP contribution is -2.22. The molecule has 2 aromatic carbocycles. The molecule has 0 aliphatic rings. The Kier molecular flexibility index (Phi) is 6.05. The molecule has 0 bridgehead atoms. The minimum atomic E-state index is -3.71. The van der Waals surface area contributed by atoms with E-state index >= 15 is 0 Å². The van der Waals surface area contributed by atoms with Gasteiger partial charge in [0, 0.05) is 13.0 Å². The second-order valence-electron chi connectivity index (χ2n) is 5.41. The molecule has 0 radical (unpaired) electrons. The third kappa shape index (κ3) is 5.43. The van der Waals surface area contributed by atoms with Crippen LogP contribution >= 0.6 is 0 Å². The molecule has 3 N–H and O–H groups in total. The van der Waals surface area contributed by atoms with Crippen LogP contribution in [0.3, 0.4) is 0 Å². The van der Waals surface area contributed by atoms with E-state index in [2.05, 4.69) is 5.32 Å². The first-order chi connectivity index (χ1) is 11.4. The van der Waals surface area contributed by atoms with Gasteiger partial charge in [0.2, 0.25) is 15.9 Å². The van der Waals surface area contributed by atoms with Crippen LogP contribution in [-0.2, 0) is 27.8 Å². The maximum absolute atomic E-state index is 13.4. The first-order valence-corrected chi connectivity index (χ1v) is 9.03. The summed E-state index contributed by atoms with van der Waals surface area (Å²) in [6, 6.07) is 12.5. The third-order valence-electron chi connectivity index (χ3n) is 3.55. The molecule has 1 amide bonds. The average Bonchev–Trinajstić information content (AvgIpc) is 2.54. The second-order valence-corrected chi connectivity index (χ2v) is 6.97. The zero-order chi connectivity index (χ0) is 17.6. The van der Waals surface area contributed by atoms with Gasteiger partial charge in [0.15, 0.2) is 0 Å². The summed E-state index contributed by atoms with van der Waals surface area (Å²) in [4.78, 5) is 11.8. The van der Waals surface area contributed by atoms with Gasteiger partial charge in [-0.1, -0.05) is 30.3 Å². The van der Waals surface area contributed by atoms with Crippen molar-refractivity contribution in [3.63, 3.8) is 0 Å². The molecule has 0 fully saturated rings. The number of sulfonamides is 1. The molecule has 0 aliphatic heterocycles. The molecule has 0 spiro atoms. The van der Waals surface area contributed by atoms with Crippen molar-refractivity contribution in [2.45, 2.75) is 30.7 Å². The van der Waals surface area contributed by atoms with E-state index in [1.165, 1.54) is 18.2 Å². The van der Waals surface area contributed by atoms with Crippen LogP contribution in [-0.4, -0.2) is 14.3 Å². The van der Waals surface area contributed by atoms with Crippen molar-refractivity contribution >= 4 is 15.9 Å². The van der Waals surface area contributed by atoms with Gasteiger partial charge in [0.05, 0.1) is 4.90 Å². The summed E-state index contributed by atoms with van der Waals surface area (Å²) in [7, 11) is -3.71. The van der Waals surface area contributed by atoms with Gasteiger partial charge in [-0.25, -0.2) is 17.9 Å². The fourth-order valence-electron chi connectivity index (χ4n) is 2.23. The highest BCUT2D eigenvalue weighted by Crippen LogP contribution is 2.11. The predicted octanol–water partition coefficient (Wildman–Crippen LogP) is 2.11. The van der Waals surface area contributed by atoms with Gasteiger partial charge in [-0.2, -0.15) is 0 Å². The molecule has 0 saturated carbocycles. The number of carbonyl (C=O) groups is 1. The van der Waals surface area contributed by atoms with E-state index in [0.29, 0.717) is 31.4 Å². The molecule has 0 aliphatic carbocycles. The number of hydrogen-bond donors (Lipinski definition) is 2. The number of nitrogens with one attached hydrogen (secondary N) is 1. The summed E-state index contributed by atoms with van der Waals surface area (Å²) in [6.45, 7) is 0.295. The smallest absolute Gasteiger partial charge is 0.238 e. The number of carbonyl (C=O) groups excluding carboxylic acids is 1. The van der Waals surface area contributed by atoms with Gasteiger partial charge in [-0.15, -0.1) is 0 Å². The standard InChI is InChI=1S/C17H19FN2O3S/c18-16-6-2-1-4-14(16)5-3-7-17(21)20-12-13-8-10-15(11-9-13)24(19,22)23/h1-2,4,6,8-11H,3,5,7,12H2,(H,20,21)(H2,19,22,23). The van der Waals surface area contributed by atoms with E-state index in [1.807, 2.05) is 0 Å². The lowest BCUT2D eigenvalue weighted by molar-refractivity contribution is -0.121. The van der Waals surface area contributed by atoms with Gasteiger partial charge in [0.1, 0.15) is 5.82 Å². The van der Waals surface area contributed by atoms with E-state index in [9.17, 15) is 17.6 Å². The van der Waals surface area contributed by atoms with E-state index in [1.54, 1.807) is 30.3 Å². The van der Waals surface area contributed by atoms with Crippen LogP contribution < -0.4 is 10.5 Å². The van der Waals surface area contributed by atoms with Crippen molar-refractivity contribution in [2.24, 2.45) is 5.14 Å². The molecule has 0 saturated heterocycles. The van der Waals surface area contributed by atoms with Gasteiger partial charge < -0.3 is 5.32 Å². The number of halogens is 1. The minimum Gasteiger partial charge on any atom is -0.352 e. The lowest BCUT2D eigenvalue weighted by Gasteiger charge is -2.07. The van der Waals surface area contributed by atoms with Crippen LogP contribution in [0.15, 0.2) is 53.4 Å². The minimum absolute atomic E-state index is 0.0301. The summed E-state index contributed by atoms with van der Waals surface area (Å²) < 4.78 is 35.7. The zero-order valence-corrected chi connectivity index (χ0v) is 13.9. The van der Waals surface area contributed by atoms with Crippen molar-refractivity contribution in [3.05, 3.63) is 65.5 Å². The first-order valence-electron chi connectivity index (χ1n) is 7.48. The Bertz CT molecular complexity index is 805. The van der Waals surface area contributed by atoms with Gasteiger partial charge >= 0.3 is 0 Å². The molecule has 5 nitrogen and oxygen atoms in total. The average molecular weight is 350 g/mol. The Morgan fingerprint density at radius 2 is 1.75 bits per heavy atom. The fourth-order valence-corrected chi connectivity index (χ4v) is 2.74. The third-order valence-corrected chi connectivity index (χ3v) is 4.48. The number of nitrogens with two attached hydrogens (primary N) is 1. The highest BCUT2D eigenvalue weighted by Gasteiger charge is 2.08. The highest BCUT2D eigenvalue weighted by atomic mass is 32.2. The van der Waals surface area contributed by atoms with E-state index in [4.69, 9.17) is 5.14 Å². The SMILES string of the molecule is NS(=O)(=O)c1ccc(CNC(=O)CCCc2ccccc2F)cc1. The molecule has 0 atom stereocenters. The Hall–Kier alpha value is -2.25. The number of aryl methyl sites for hydroxylation is 1. The molecule has 0 heterocycles. The van der Waals surface area contributed by atoms with E-state index in [0.717, 1.165) is 5.56 Å². The fraction of sp³-hybridized carbons (Fsp3) is 0.235. The number of primary sulfonamides is 1. The molecule has 128 valence electrons. The van der Waals surface area contributed by atoms with Crippen molar-refractivity contribution in [1.82, 2.24) is 5.32 Å².